The van der Waals surface area contributed by atoms with Gasteiger partial charge in [-0.1, -0.05) is 11.3 Å². The summed E-state index contributed by atoms with van der Waals surface area (Å²) in [4.78, 5) is 16.8. The van der Waals surface area contributed by atoms with E-state index in [2.05, 4.69) is 10.3 Å². The van der Waals surface area contributed by atoms with Crippen LogP contribution in [0.4, 0.5) is 18.9 Å². The summed E-state index contributed by atoms with van der Waals surface area (Å²) in [6, 6.07) is 5.08. The molecule has 0 unspecified atom stereocenters. The Bertz CT molecular complexity index is 851. The quantitative estimate of drug-likeness (QED) is 0.737. The molecule has 4 nitrogen and oxygen atoms in total. The largest absolute Gasteiger partial charge is 0.321 e. The number of rotatable bonds is 3. The molecule has 3 rings (SSSR count). The lowest BCUT2D eigenvalue weighted by Gasteiger charge is -2.05. The van der Waals surface area contributed by atoms with Crippen molar-refractivity contribution in [3.8, 4) is 5.13 Å². The lowest BCUT2D eigenvalue weighted by Crippen LogP contribution is -2.12. The Morgan fingerprint density at radius 3 is 2.39 bits per heavy atom. The number of halogens is 3. The molecule has 0 atom stereocenters. The number of aromatic nitrogens is 2. The molecule has 2 aromatic heterocycles. The van der Waals surface area contributed by atoms with Crippen LogP contribution in [0, 0.1) is 24.4 Å². The van der Waals surface area contributed by atoms with Gasteiger partial charge in [-0.25, -0.2) is 18.2 Å². The van der Waals surface area contributed by atoms with E-state index in [4.69, 9.17) is 0 Å². The van der Waals surface area contributed by atoms with Gasteiger partial charge in [0.05, 0.1) is 5.69 Å². The van der Waals surface area contributed by atoms with Gasteiger partial charge in [0, 0.05) is 30.2 Å². The Labute approximate surface area is 133 Å². The number of nitrogens with zero attached hydrogens (tertiary/aromatic N) is 2. The minimum absolute atomic E-state index is 0.165. The summed E-state index contributed by atoms with van der Waals surface area (Å²) in [6.07, 6.45) is 3.56. The van der Waals surface area contributed by atoms with Gasteiger partial charge >= 0.3 is 0 Å². The maximum absolute atomic E-state index is 13.2. The van der Waals surface area contributed by atoms with Crippen molar-refractivity contribution in [2.45, 2.75) is 6.92 Å². The van der Waals surface area contributed by atoms with E-state index in [-0.39, 0.29) is 5.69 Å². The zero-order chi connectivity index (χ0) is 16.6. The Hall–Kier alpha value is -2.61. The second-order valence-corrected chi connectivity index (χ2v) is 5.69. The average Bonchev–Trinajstić information content (AvgIpc) is 3.13. The van der Waals surface area contributed by atoms with Crippen LogP contribution >= 0.6 is 11.3 Å². The third-order valence-corrected chi connectivity index (χ3v) is 4.23. The average molecular weight is 337 g/mol. The van der Waals surface area contributed by atoms with Gasteiger partial charge in [-0.3, -0.25) is 4.79 Å². The van der Waals surface area contributed by atoms with Crippen LogP contribution in [0.3, 0.4) is 0 Å². The van der Waals surface area contributed by atoms with Crippen LogP contribution in [0.15, 0.2) is 36.7 Å². The van der Waals surface area contributed by atoms with Crippen LogP contribution in [0.2, 0.25) is 0 Å². The molecule has 3 aromatic rings. The van der Waals surface area contributed by atoms with Crippen molar-refractivity contribution >= 4 is 22.9 Å². The van der Waals surface area contributed by atoms with Crippen molar-refractivity contribution in [3.05, 3.63) is 64.7 Å². The number of nitrogens with one attached hydrogen (secondary N) is 1. The van der Waals surface area contributed by atoms with Gasteiger partial charge in [0.2, 0.25) is 0 Å². The van der Waals surface area contributed by atoms with Gasteiger partial charge in [0.1, 0.15) is 4.88 Å². The van der Waals surface area contributed by atoms with Crippen molar-refractivity contribution < 1.29 is 18.0 Å². The second kappa shape index (κ2) is 5.88. The van der Waals surface area contributed by atoms with Gasteiger partial charge in [0.15, 0.2) is 22.6 Å². The van der Waals surface area contributed by atoms with Gasteiger partial charge < -0.3 is 9.88 Å². The Balaban J connectivity index is 1.87. The highest BCUT2D eigenvalue weighted by Crippen LogP contribution is 2.24. The standard InChI is InChI=1S/C15H10F3N3OS/c1-8-13(23-15(19-8)21-4-2-3-5-21)14(22)20-9-6-10(16)12(18)11(17)7-9/h2-7H,1H3,(H,20,22). The number of anilines is 1. The van der Waals surface area contributed by atoms with Gasteiger partial charge in [-0.05, 0) is 19.1 Å². The van der Waals surface area contributed by atoms with Crippen molar-refractivity contribution in [2.24, 2.45) is 0 Å². The number of thiazole rings is 1. The molecule has 1 aromatic carbocycles. The van der Waals surface area contributed by atoms with Crippen molar-refractivity contribution in [1.29, 1.82) is 0 Å². The third-order valence-electron chi connectivity index (χ3n) is 3.06. The summed E-state index contributed by atoms with van der Waals surface area (Å²) in [5, 5.41) is 2.93. The zero-order valence-corrected chi connectivity index (χ0v) is 12.6. The maximum Gasteiger partial charge on any atom is 0.267 e. The molecule has 0 bridgehead atoms. The van der Waals surface area contributed by atoms with E-state index in [1.54, 1.807) is 23.9 Å². The Morgan fingerprint density at radius 2 is 1.78 bits per heavy atom. The summed E-state index contributed by atoms with van der Waals surface area (Å²) in [6.45, 7) is 1.66. The van der Waals surface area contributed by atoms with Crippen LogP contribution in [0.5, 0.6) is 0 Å². The third kappa shape index (κ3) is 2.98. The molecule has 23 heavy (non-hydrogen) atoms. The lowest BCUT2D eigenvalue weighted by atomic mass is 10.2. The maximum atomic E-state index is 13.2. The molecule has 118 valence electrons. The lowest BCUT2D eigenvalue weighted by molar-refractivity contribution is 0.103. The Kier molecular flexibility index (Phi) is 3.91. The molecule has 0 spiro atoms. The number of amides is 1. The van der Waals surface area contributed by atoms with E-state index in [1.807, 2.05) is 12.1 Å². The van der Waals surface area contributed by atoms with Gasteiger partial charge in [-0.2, -0.15) is 0 Å². The predicted octanol–water partition coefficient (Wildman–Crippen LogP) is 3.91. The first-order chi connectivity index (χ1) is 11.0. The van der Waals surface area contributed by atoms with E-state index < -0.39 is 23.4 Å². The molecule has 0 aliphatic rings. The van der Waals surface area contributed by atoms with Crippen molar-refractivity contribution in [2.75, 3.05) is 5.32 Å². The topological polar surface area (TPSA) is 46.9 Å². The highest BCUT2D eigenvalue weighted by molar-refractivity contribution is 7.16. The summed E-state index contributed by atoms with van der Waals surface area (Å²) < 4.78 is 41.0. The van der Waals surface area contributed by atoms with E-state index in [1.165, 1.54) is 0 Å². The molecule has 0 saturated heterocycles. The van der Waals surface area contributed by atoms with Crippen LogP contribution in [0.1, 0.15) is 15.4 Å². The Morgan fingerprint density at radius 1 is 1.17 bits per heavy atom. The predicted molar refractivity (Wildman–Crippen MR) is 80.4 cm³/mol. The fourth-order valence-corrected chi connectivity index (χ4v) is 2.91. The summed E-state index contributed by atoms with van der Waals surface area (Å²) in [5.41, 5.74) is 0.320. The molecular weight excluding hydrogens is 327 g/mol. The first-order valence-corrected chi connectivity index (χ1v) is 7.34. The van der Waals surface area contributed by atoms with Gasteiger partial charge in [0.25, 0.3) is 5.91 Å². The molecule has 2 heterocycles. The molecule has 0 aliphatic carbocycles. The SMILES string of the molecule is Cc1nc(-n2cccc2)sc1C(=O)Nc1cc(F)c(F)c(F)c1. The molecular formula is C15H10F3N3OS. The molecule has 0 aliphatic heterocycles. The summed E-state index contributed by atoms with van der Waals surface area (Å²) in [5.74, 6) is -4.88. The number of hydrogen-bond acceptors (Lipinski definition) is 3. The fourth-order valence-electron chi connectivity index (χ4n) is 1.98. The normalized spacial score (nSPS) is 10.8. The number of hydrogen-bond donors (Lipinski definition) is 1. The highest BCUT2D eigenvalue weighted by atomic mass is 32.1. The number of carbonyl (C=O) groups excluding carboxylic acids is 1. The smallest absolute Gasteiger partial charge is 0.267 e. The van der Waals surface area contributed by atoms with Crippen LogP contribution in [0.25, 0.3) is 5.13 Å². The minimum Gasteiger partial charge on any atom is -0.321 e. The van der Waals surface area contributed by atoms with Crippen LogP contribution in [-0.4, -0.2) is 15.5 Å². The summed E-state index contributed by atoms with van der Waals surface area (Å²) >= 11 is 1.13. The monoisotopic (exact) mass is 337 g/mol. The fraction of sp³-hybridized carbons (Fsp3) is 0.0667. The summed E-state index contributed by atoms with van der Waals surface area (Å²) in [7, 11) is 0. The van der Waals surface area contributed by atoms with E-state index in [9.17, 15) is 18.0 Å². The molecule has 0 radical (unpaired) electrons. The second-order valence-electron chi connectivity index (χ2n) is 4.71. The van der Waals surface area contributed by atoms with Crippen molar-refractivity contribution in [1.82, 2.24) is 9.55 Å². The highest BCUT2D eigenvalue weighted by Gasteiger charge is 2.18. The first kappa shape index (κ1) is 15.3. The van der Waals surface area contributed by atoms with E-state index in [0.29, 0.717) is 15.7 Å². The molecule has 8 heteroatoms. The number of carbonyl (C=O) groups is 1. The molecule has 0 fully saturated rings. The van der Waals surface area contributed by atoms with E-state index in [0.717, 1.165) is 23.5 Å². The zero-order valence-electron chi connectivity index (χ0n) is 11.8. The van der Waals surface area contributed by atoms with E-state index >= 15 is 0 Å². The molecule has 0 saturated carbocycles. The molecule has 1 amide bonds. The van der Waals surface area contributed by atoms with Crippen LogP contribution < -0.4 is 5.32 Å². The number of aryl methyl sites for hydroxylation is 1. The first-order valence-electron chi connectivity index (χ1n) is 6.52. The number of benzene rings is 1. The molecule has 1 N–H and O–H groups in total. The van der Waals surface area contributed by atoms with Gasteiger partial charge in [-0.15, -0.1) is 0 Å². The van der Waals surface area contributed by atoms with Crippen molar-refractivity contribution in [3.63, 3.8) is 0 Å². The van der Waals surface area contributed by atoms with Crippen LogP contribution in [-0.2, 0) is 0 Å². The minimum atomic E-state index is -1.58.